The van der Waals surface area contributed by atoms with E-state index in [1.165, 1.54) is 25.7 Å². The lowest BCUT2D eigenvalue weighted by Crippen LogP contribution is -2.50. The van der Waals surface area contributed by atoms with Gasteiger partial charge in [0.05, 0.1) is 12.3 Å². The van der Waals surface area contributed by atoms with Gasteiger partial charge in [0.15, 0.2) is 5.96 Å². The second kappa shape index (κ2) is 9.47. The first-order valence-corrected chi connectivity index (χ1v) is 10.5. The number of sulfonamides is 1. The Morgan fingerprint density at radius 3 is 2.65 bits per heavy atom. The van der Waals surface area contributed by atoms with Crippen LogP contribution in [0.25, 0.3) is 0 Å². The molecule has 1 atom stereocenters. The Kier molecular flexibility index (Phi) is 8.33. The van der Waals surface area contributed by atoms with Crippen molar-refractivity contribution in [2.45, 2.75) is 53.4 Å². The molecule has 0 aromatic rings. The van der Waals surface area contributed by atoms with Crippen LogP contribution in [-0.4, -0.2) is 57.8 Å². The molecule has 0 saturated carbocycles. The van der Waals surface area contributed by atoms with Crippen LogP contribution in [0.5, 0.6) is 0 Å². The molecule has 1 fully saturated rings. The van der Waals surface area contributed by atoms with Gasteiger partial charge in [-0.1, -0.05) is 20.3 Å². The molecule has 0 spiro atoms. The molecule has 1 aliphatic rings. The molecule has 0 aromatic heterocycles. The van der Waals surface area contributed by atoms with Crippen LogP contribution in [0.1, 0.15) is 53.4 Å². The van der Waals surface area contributed by atoms with Crippen molar-refractivity contribution in [2.24, 2.45) is 10.4 Å². The quantitative estimate of drug-likeness (QED) is 0.399. The third kappa shape index (κ3) is 7.08. The van der Waals surface area contributed by atoms with Crippen LogP contribution in [0.2, 0.25) is 0 Å². The summed E-state index contributed by atoms with van der Waals surface area (Å²) in [6.45, 7) is 12.0. The Morgan fingerprint density at radius 1 is 1.30 bits per heavy atom. The van der Waals surface area contributed by atoms with Gasteiger partial charge in [0.2, 0.25) is 10.0 Å². The first-order valence-electron chi connectivity index (χ1n) is 8.86. The molecule has 1 aliphatic heterocycles. The summed E-state index contributed by atoms with van der Waals surface area (Å²) in [7, 11) is -3.13. The van der Waals surface area contributed by atoms with E-state index in [2.05, 4.69) is 40.7 Å². The van der Waals surface area contributed by atoms with E-state index in [1.54, 1.807) is 6.92 Å². The zero-order chi connectivity index (χ0) is 17.3. The van der Waals surface area contributed by atoms with Gasteiger partial charge in [0, 0.05) is 26.2 Å². The zero-order valence-electron chi connectivity index (χ0n) is 15.2. The number of likely N-dealkylation sites (tertiary alicyclic amines) is 1. The largest absolute Gasteiger partial charge is 0.357 e. The number of nitrogens with one attached hydrogen (secondary N) is 2. The van der Waals surface area contributed by atoms with Crippen molar-refractivity contribution in [3.8, 4) is 0 Å². The number of rotatable bonds is 8. The predicted octanol–water partition coefficient (Wildman–Crippen LogP) is 1.79. The summed E-state index contributed by atoms with van der Waals surface area (Å²) in [5.41, 5.74) is 0.354. The highest BCUT2D eigenvalue weighted by Crippen LogP contribution is 2.33. The predicted molar refractivity (Wildman–Crippen MR) is 97.3 cm³/mol. The molecule has 0 aliphatic carbocycles. The van der Waals surface area contributed by atoms with E-state index in [4.69, 9.17) is 0 Å². The molecule has 1 heterocycles. The summed E-state index contributed by atoms with van der Waals surface area (Å²) in [6.07, 6.45) is 4.90. The van der Waals surface area contributed by atoms with E-state index in [1.807, 2.05) is 0 Å². The average molecular weight is 347 g/mol. The van der Waals surface area contributed by atoms with Crippen LogP contribution < -0.4 is 10.0 Å². The van der Waals surface area contributed by atoms with Crippen LogP contribution in [0.4, 0.5) is 0 Å². The monoisotopic (exact) mass is 346 g/mol. The van der Waals surface area contributed by atoms with Gasteiger partial charge >= 0.3 is 0 Å². The maximum absolute atomic E-state index is 11.4. The summed E-state index contributed by atoms with van der Waals surface area (Å²) in [5, 5.41) is 3.34. The third-order valence-electron chi connectivity index (χ3n) is 4.34. The van der Waals surface area contributed by atoms with Gasteiger partial charge in [0.25, 0.3) is 0 Å². The Morgan fingerprint density at radius 2 is 2.04 bits per heavy atom. The fraction of sp³-hybridized carbons (Fsp3) is 0.938. The molecule has 0 amide bonds. The van der Waals surface area contributed by atoms with E-state index in [0.717, 1.165) is 25.6 Å². The van der Waals surface area contributed by atoms with Crippen molar-refractivity contribution in [3.05, 3.63) is 0 Å². The number of guanidine groups is 1. The molecular weight excluding hydrogens is 312 g/mol. The molecule has 1 rings (SSSR count). The number of hydrogen-bond donors (Lipinski definition) is 2. The molecule has 6 nitrogen and oxygen atoms in total. The maximum atomic E-state index is 11.4. The molecule has 23 heavy (non-hydrogen) atoms. The first-order chi connectivity index (χ1) is 10.9. The molecular formula is C16H34N4O2S. The van der Waals surface area contributed by atoms with Crippen molar-refractivity contribution < 1.29 is 8.42 Å². The summed E-state index contributed by atoms with van der Waals surface area (Å²) in [5.74, 6) is 1.02. The second-order valence-electron chi connectivity index (χ2n) is 6.62. The van der Waals surface area contributed by atoms with Crippen molar-refractivity contribution in [2.75, 3.05) is 38.5 Å². The highest BCUT2D eigenvalue weighted by atomic mass is 32.2. The minimum absolute atomic E-state index is 0.109. The van der Waals surface area contributed by atoms with Crippen LogP contribution >= 0.6 is 0 Å². The van der Waals surface area contributed by atoms with Crippen LogP contribution in [0, 0.1) is 5.41 Å². The van der Waals surface area contributed by atoms with Gasteiger partial charge in [-0.15, -0.1) is 0 Å². The third-order valence-corrected chi connectivity index (χ3v) is 5.75. The minimum Gasteiger partial charge on any atom is -0.357 e. The van der Waals surface area contributed by atoms with Crippen molar-refractivity contribution in [1.82, 2.24) is 14.9 Å². The van der Waals surface area contributed by atoms with Gasteiger partial charge in [0.1, 0.15) is 0 Å². The van der Waals surface area contributed by atoms with Crippen molar-refractivity contribution >= 4 is 16.0 Å². The van der Waals surface area contributed by atoms with E-state index in [-0.39, 0.29) is 5.75 Å². The van der Waals surface area contributed by atoms with Crippen LogP contribution in [0.15, 0.2) is 4.99 Å². The number of piperidine rings is 1. The number of nitrogens with zero attached hydrogens (tertiary/aromatic N) is 2. The highest BCUT2D eigenvalue weighted by molar-refractivity contribution is 7.89. The zero-order valence-corrected chi connectivity index (χ0v) is 16.0. The molecule has 136 valence electrons. The summed E-state index contributed by atoms with van der Waals surface area (Å²) < 4.78 is 25.5. The van der Waals surface area contributed by atoms with Gasteiger partial charge in [-0.25, -0.2) is 13.1 Å². The lowest BCUT2D eigenvalue weighted by atomic mass is 9.78. The summed E-state index contributed by atoms with van der Waals surface area (Å²) in [4.78, 5) is 6.94. The van der Waals surface area contributed by atoms with Crippen molar-refractivity contribution in [3.63, 3.8) is 0 Å². The van der Waals surface area contributed by atoms with Gasteiger partial charge in [-0.2, -0.15) is 0 Å². The van der Waals surface area contributed by atoms with E-state index in [9.17, 15) is 8.42 Å². The summed E-state index contributed by atoms with van der Waals surface area (Å²) in [6, 6.07) is 0. The fourth-order valence-corrected chi connectivity index (χ4v) is 3.80. The molecule has 7 heteroatoms. The van der Waals surface area contributed by atoms with E-state index >= 15 is 0 Å². The van der Waals surface area contributed by atoms with Gasteiger partial charge in [-0.3, -0.25) is 4.99 Å². The molecule has 2 N–H and O–H groups in total. The lowest BCUT2D eigenvalue weighted by Gasteiger charge is -2.42. The summed E-state index contributed by atoms with van der Waals surface area (Å²) >= 11 is 0. The Balaban J connectivity index is 2.64. The molecule has 1 unspecified atom stereocenters. The minimum atomic E-state index is -3.13. The first kappa shape index (κ1) is 20.2. The van der Waals surface area contributed by atoms with Crippen LogP contribution in [0.3, 0.4) is 0 Å². The van der Waals surface area contributed by atoms with Gasteiger partial charge in [-0.05, 0) is 38.5 Å². The maximum Gasteiger partial charge on any atom is 0.211 e. The lowest BCUT2D eigenvalue weighted by molar-refractivity contribution is 0.142. The highest BCUT2D eigenvalue weighted by Gasteiger charge is 2.31. The fourth-order valence-electron chi connectivity index (χ4n) is 3.19. The number of aliphatic imine (C=N–C) groups is 1. The number of hydrogen-bond acceptors (Lipinski definition) is 3. The second-order valence-corrected chi connectivity index (χ2v) is 8.71. The standard InChI is InChI=1S/C16H34N4O2S/c1-5-9-16(4)10-8-13-20(14-16)15(17-6-2)18-11-12-19-23(21,22)7-3/h19H,5-14H2,1-4H3,(H,17,18). The molecule has 1 saturated heterocycles. The molecule has 0 bridgehead atoms. The Hall–Kier alpha value is -0.820. The van der Waals surface area contributed by atoms with E-state index < -0.39 is 10.0 Å². The molecule has 0 aromatic carbocycles. The SMILES string of the molecule is CCCC1(C)CCCN(C(=NCCNS(=O)(=O)CC)NCC)C1. The van der Waals surface area contributed by atoms with Crippen molar-refractivity contribution in [1.29, 1.82) is 0 Å². The van der Waals surface area contributed by atoms with Crippen LogP contribution in [-0.2, 0) is 10.0 Å². The Bertz CT molecular complexity index is 474. The average Bonchev–Trinajstić information content (AvgIpc) is 2.50. The molecule has 0 radical (unpaired) electrons. The Labute approximate surface area is 142 Å². The topological polar surface area (TPSA) is 73.8 Å². The smallest absolute Gasteiger partial charge is 0.211 e. The van der Waals surface area contributed by atoms with Gasteiger partial charge < -0.3 is 10.2 Å². The van der Waals surface area contributed by atoms with E-state index in [0.29, 0.717) is 18.5 Å². The normalized spacial score (nSPS) is 23.1.